The minimum atomic E-state index is -0.511. The van der Waals surface area contributed by atoms with Crippen molar-refractivity contribution in [3.8, 4) is 5.75 Å². The van der Waals surface area contributed by atoms with Gasteiger partial charge >= 0.3 is 5.97 Å². The predicted octanol–water partition coefficient (Wildman–Crippen LogP) is 4.25. The van der Waals surface area contributed by atoms with Crippen molar-refractivity contribution in [3.05, 3.63) is 82.9 Å². The summed E-state index contributed by atoms with van der Waals surface area (Å²) >= 11 is 6.07. The summed E-state index contributed by atoms with van der Waals surface area (Å²) in [7, 11) is 0. The topological polar surface area (TPSA) is 47.9 Å². The van der Waals surface area contributed by atoms with Crippen LogP contribution < -0.4 is 4.74 Å². The number of halogens is 1. The first-order valence-electron chi connectivity index (χ1n) is 7.29. The molecule has 2 aromatic rings. The van der Waals surface area contributed by atoms with Gasteiger partial charge in [-0.05, 0) is 24.3 Å². The fourth-order valence-corrected chi connectivity index (χ4v) is 2.46. The van der Waals surface area contributed by atoms with Gasteiger partial charge in [0.25, 0.3) is 0 Å². The molecular formula is C19H14ClNO3. The van der Waals surface area contributed by atoms with Crippen molar-refractivity contribution >= 4 is 29.4 Å². The summed E-state index contributed by atoms with van der Waals surface area (Å²) in [5, 5.41) is 4.43. The first-order chi connectivity index (χ1) is 11.7. The van der Waals surface area contributed by atoms with E-state index in [1.54, 1.807) is 30.4 Å². The van der Waals surface area contributed by atoms with Gasteiger partial charge in [-0.25, -0.2) is 4.79 Å². The van der Waals surface area contributed by atoms with Gasteiger partial charge in [-0.15, -0.1) is 0 Å². The highest BCUT2D eigenvalue weighted by atomic mass is 35.5. The zero-order chi connectivity index (χ0) is 16.9. The Balaban J connectivity index is 2.03. The third-order valence-corrected chi connectivity index (χ3v) is 3.61. The molecule has 4 nitrogen and oxygen atoms in total. The summed E-state index contributed by atoms with van der Waals surface area (Å²) in [6.07, 6.45) is 3.32. The molecule has 0 aromatic heterocycles. The first-order valence-corrected chi connectivity index (χ1v) is 7.67. The molecule has 1 heterocycles. The number of rotatable bonds is 5. The van der Waals surface area contributed by atoms with Crippen molar-refractivity contribution < 1.29 is 14.4 Å². The maximum Gasteiger partial charge on any atom is 0.368 e. The van der Waals surface area contributed by atoms with Gasteiger partial charge in [0.2, 0.25) is 0 Å². The zero-order valence-corrected chi connectivity index (χ0v) is 13.5. The van der Waals surface area contributed by atoms with Gasteiger partial charge in [0, 0.05) is 16.1 Å². The lowest BCUT2D eigenvalue weighted by molar-refractivity contribution is -0.136. The molecule has 0 amide bonds. The van der Waals surface area contributed by atoms with Crippen LogP contribution in [0.3, 0.4) is 0 Å². The van der Waals surface area contributed by atoms with Crippen LogP contribution in [0.2, 0.25) is 5.02 Å². The van der Waals surface area contributed by atoms with E-state index in [1.165, 1.54) is 0 Å². The van der Waals surface area contributed by atoms with Gasteiger partial charge in [0.1, 0.15) is 18.1 Å². The van der Waals surface area contributed by atoms with Crippen LogP contribution in [0.1, 0.15) is 11.1 Å². The molecule has 0 N–H and O–H groups in total. The highest BCUT2D eigenvalue weighted by molar-refractivity contribution is 6.32. The van der Waals surface area contributed by atoms with E-state index in [0.717, 1.165) is 5.56 Å². The molecule has 0 spiro atoms. The van der Waals surface area contributed by atoms with Crippen molar-refractivity contribution in [2.24, 2.45) is 5.16 Å². The molecule has 1 aliphatic heterocycles. The van der Waals surface area contributed by atoms with Gasteiger partial charge < -0.3 is 9.57 Å². The molecule has 120 valence electrons. The molecule has 1 aliphatic rings. The normalized spacial score (nSPS) is 15.1. The average Bonchev–Trinajstić information content (AvgIpc) is 2.96. The molecule has 0 atom stereocenters. The molecule has 0 bridgehead atoms. The van der Waals surface area contributed by atoms with Gasteiger partial charge in [-0.2, -0.15) is 0 Å². The summed E-state index contributed by atoms with van der Waals surface area (Å²) in [4.78, 5) is 16.9. The lowest BCUT2D eigenvalue weighted by Gasteiger charge is -2.08. The number of hydrogen-bond donors (Lipinski definition) is 0. The Morgan fingerprint density at radius 1 is 1.21 bits per heavy atom. The van der Waals surface area contributed by atoms with Crippen molar-refractivity contribution in [1.82, 2.24) is 0 Å². The Kier molecular flexibility index (Phi) is 4.77. The second-order valence-corrected chi connectivity index (χ2v) is 5.46. The maximum absolute atomic E-state index is 12.1. The lowest BCUT2D eigenvalue weighted by Crippen LogP contribution is -2.07. The minimum absolute atomic E-state index is 0.349. The van der Waals surface area contributed by atoms with Crippen LogP contribution in [-0.2, 0) is 9.63 Å². The SMILES string of the molecule is C=CCOc1ccc(Cl)cc1/C=C1\C(=O)ON=C1c1ccccc1. The van der Waals surface area contributed by atoms with Gasteiger partial charge in [-0.1, -0.05) is 59.7 Å². The quantitative estimate of drug-likeness (QED) is 0.465. The largest absolute Gasteiger partial charge is 0.489 e. The van der Waals surface area contributed by atoms with E-state index < -0.39 is 5.97 Å². The highest BCUT2D eigenvalue weighted by Gasteiger charge is 2.27. The van der Waals surface area contributed by atoms with Crippen LogP contribution in [0.5, 0.6) is 5.75 Å². The third kappa shape index (κ3) is 3.39. The van der Waals surface area contributed by atoms with Crippen LogP contribution in [0, 0.1) is 0 Å². The molecule has 0 fully saturated rings. The fraction of sp³-hybridized carbons (Fsp3) is 0.0526. The number of carbonyl (C=O) groups is 1. The average molecular weight is 340 g/mol. The Morgan fingerprint density at radius 3 is 2.75 bits per heavy atom. The monoisotopic (exact) mass is 339 g/mol. The van der Waals surface area contributed by atoms with Crippen molar-refractivity contribution in [1.29, 1.82) is 0 Å². The number of oxime groups is 1. The Labute approximate surface area is 144 Å². The molecule has 24 heavy (non-hydrogen) atoms. The molecule has 5 heteroatoms. The summed E-state index contributed by atoms with van der Waals surface area (Å²) in [6, 6.07) is 14.6. The Morgan fingerprint density at radius 2 is 2.00 bits per heavy atom. The van der Waals surface area contributed by atoms with E-state index in [2.05, 4.69) is 11.7 Å². The predicted molar refractivity (Wildman–Crippen MR) is 94.2 cm³/mol. The van der Waals surface area contributed by atoms with Crippen molar-refractivity contribution in [2.45, 2.75) is 0 Å². The summed E-state index contributed by atoms with van der Waals surface area (Å²) < 4.78 is 5.61. The molecule has 2 aromatic carbocycles. The number of ether oxygens (including phenoxy) is 1. The summed E-state index contributed by atoms with van der Waals surface area (Å²) in [5.74, 6) is 0.0856. The van der Waals surface area contributed by atoms with Crippen molar-refractivity contribution in [2.75, 3.05) is 6.61 Å². The standard InChI is InChI=1S/C19H14ClNO3/c1-2-10-23-17-9-8-15(20)11-14(17)12-16-18(21-24-19(16)22)13-6-4-3-5-7-13/h2-9,11-12H,1,10H2/b16-12-. The molecule has 0 unspecified atom stereocenters. The van der Waals surface area contributed by atoms with Crippen LogP contribution in [0.15, 0.2) is 71.9 Å². The summed E-state index contributed by atoms with van der Waals surface area (Å²) in [5.41, 5.74) is 2.30. The van der Waals surface area contributed by atoms with E-state index in [-0.39, 0.29) is 0 Å². The van der Waals surface area contributed by atoms with E-state index in [1.807, 2.05) is 30.3 Å². The molecule has 0 saturated carbocycles. The van der Waals surface area contributed by atoms with Gasteiger partial charge in [0.15, 0.2) is 0 Å². The van der Waals surface area contributed by atoms with Crippen LogP contribution in [0.4, 0.5) is 0 Å². The number of hydrogen-bond acceptors (Lipinski definition) is 4. The van der Waals surface area contributed by atoms with E-state index in [4.69, 9.17) is 21.2 Å². The van der Waals surface area contributed by atoms with Crippen LogP contribution in [0.25, 0.3) is 6.08 Å². The Bertz CT molecular complexity index is 841. The fourth-order valence-electron chi connectivity index (χ4n) is 2.28. The van der Waals surface area contributed by atoms with Gasteiger partial charge in [-0.3, -0.25) is 0 Å². The zero-order valence-electron chi connectivity index (χ0n) is 12.7. The Hall–Kier alpha value is -2.85. The number of benzene rings is 2. The second kappa shape index (κ2) is 7.15. The molecule has 0 aliphatic carbocycles. The molecule has 0 radical (unpaired) electrons. The maximum atomic E-state index is 12.1. The highest BCUT2D eigenvalue weighted by Crippen LogP contribution is 2.28. The smallest absolute Gasteiger partial charge is 0.368 e. The van der Waals surface area contributed by atoms with E-state index >= 15 is 0 Å². The lowest BCUT2D eigenvalue weighted by atomic mass is 10.0. The molecular weight excluding hydrogens is 326 g/mol. The summed E-state index contributed by atoms with van der Waals surface area (Å²) in [6.45, 7) is 3.98. The van der Waals surface area contributed by atoms with E-state index in [0.29, 0.717) is 34.2 Å². The second-order valence-electron chi connectivity index (χ2n) is 5.02. The molecule has 0 saturated heterocycles. The molecule has 3 rings (SSSR count). The minimum Gasteiger partial charge on any atom is -0.489 e. The van der Waals surface area contributed by atoms with Crippen molar-refractivity contribution in [3.63, 3.8) is 0 Å². The van der Waals surface area contributed by atoms with Gasteiger partial charge in [0.05, 0.1) is 5.57 Å². The van der Waals surface area contributed by atoms with E-state index in [9.17, 15) is 4.79 Å². The van der Waals surface area contributed by atoms with Crippen LogP contribution >= 0.6 is 11.6 Å². The number of nitrogens with zero attached hydrogens (tertiary/aromatic N) is 1. The first kappa shape index (κ1) is 16.0. The number of carbonyl (C=O) groups excluding carboxylic acids is 1. The third-order valence-electron chi connectivity index (χ3n) is 3.37. The van der Waals surface area contributed by atoms with Crippen LogP contribution in [-0.4, -0.2) is 18.3 Å².